The number of hydrogen-bond donors (Lipinski definition) is 3. The van der Waals surface area contributed by atoms with Gasteiger partial charge in [0.05, 0.1) is 25.4 Å². The summed E-state index contributed by atoms with van der Waals surface area (Å²) in [6.07, 6.45) is 85.8. The first-order valence-corrected chi connectivity index (χ1v) is 36.4. The number of hydrogen-bond acceptors (Lipinski definition) is 5. The van der Waals surface area contributed by atoms with Crippen molar-refractivity contribution in [1.29, 1.82) is 0 Å². The van der Waals surface area contributed by atoms with Gasteiger partial charge >= 0.3 is 5.97 Å². The van der Waals surface area contributed by atoms with E-state index in [1.807, 2.05) is 0 Å². The van der Waals surface area contributed by atoms with Crippen molar-refractivity contribution in [2.45, 2.75) is 431 Å². The minimum atomic E-state index is -0.659. The van der Waals surface area contributed by atoms with Gasteiger partial charge in [0.25, 0.3) is 0 Å². The highest BCUT2D eigenvalue weighted by atomic mass is 16.5. The van der Waals surface area contributed by atoms with E-state index in [1.54, 1.807) is 0 Å². The zero-order valence-corrected chi connectivity index (χ0v) is 53.9. The first-order chi connectivity index (χ1) is 39.0. The largest absolute Gasteiger partial charge is 0.466 e. The Hall–Kier alpha value is -1.40. The van der Waals surface area contributed by atoms with Gasteiger partial charge in [0, 0.05) is 12.8 Å². The van der Waals surface area contributed by atoms with E-state index < -0.39 is 12.1 Å². The Morgan fingerprint density at radius 3 is 0.899 bits per heavy atom. The molecular formula is C73H143NO5. The molecule has 0 rings (SSSR count). The summed E-state index contributed by atoms with van der Waals surface area (Å²) < 4.78 is 5.51. The van der Waals surface area contributed by atoms with E-state index in [0.29, 0.717) is 25.9 Å². The number of carbonyl (C=O) groups excluding carboxylic acids is 2. The van der Waals surface area contributed by atoms with Crippen molar-refractivity contribution in [2.24, 2.45) is 0 Å². The molecule has 0 radical (unpaired) electrons. The van der Waals surface area contributed by atoms with Gasteiger partial charge in [-0.2, -0.15) is 0 Å². The third-order valence-corrected chi connectivity index (χ3v) is 17.3. The van der Waals surface area contributed by atoms with Crippen molar-refractivity contribution in [2.75, 3.05) is 13.2 Å². The van der Waals surface area contributed by atoms with Crippen LogP contribution in [0.4, 0.5) is 0 Å². The van der Waals surface area contributed by atoms with E-state index >= 15 is 0 Å². The molecule has 0 aliphatic heterocycles. The highest BCUT2D eigenvalue weighted by molar-refractivity contribution is 5.76. The van der Waals surface area contributed by atoms with Gasteiger partial charge in [-0.05, 0) is 51.4 Å². The summed E-state index contributed by atoms with van der Waals surface area (Å²) >= 11 is 0. The fourth-order valence-corrected chi connectivity index (χ4v) is 11.8. The summed E-state index contributed by atoms with van der Waals surface area (Å²) in [6.45, 7) is 4.99. The number of nitrogens with one attached hydrogen (secondary N) is 1. The molecule has 0 saturated heterocycles. The second-order valence-corrected chi connectivity index (χ2v) is 25.3. The van der Waals surface area contributed by atoms with Gasteiger partial charge in [-0.1, -0.05) is 366 Å². The molecule has 6 heteroatoms. The van der Waals surface area contributed by atoms with Crippen LogP contribution in [0, 0.1) is 0 Å². The monoisotopic (exact) mass is 1110 g/mol. The molecule has 3 N–H and O–H groups in total. The average molecular weight is 1110 g/mol. The smallest absolute Gasteiger partial charge is 0.305 e. The number of amides is 1. The summed E-state index contributed by atoms with van der Waals surface area (Å²) in [6, 6.07) is -0.536. The molecule has 0 saturated carbocycles. The van der Waals surface area contributed by atoms with Gasteiger partial charge in [-0.3, -0.25) is 9.59 Å². The summed E-state index contributed by atoms with van der Waals surface area (Å²) in [7, 11) is 0. The fraction of sp³-hybridized carbons (Fsp3) is 0.945. The number of unbranched alkanes of at least 4 members (excludes halogenated alkanes) is 56. The Morgan fingerprint density at radius 2 is 0.595 bits per heavy atom. The Balaban J connectivity index is 3.30. The normalized spacial score (nSPS) is 12.5. The number of allylic oxidation sites excluding steroid dienone is 2. The van der Waals surface area contributed by atoms with E-state index in [-0.39, 0.29) is 18.5 Å². The number of aliphatic hydroxyl groups is 2. The lowest BCUT2D eigenvalue weighted by Crippen LogP contribution is -2.45. The maximum Gasteiger partial charge on any atom is 0.305 e. The Morgan fingerprint density at radius 1 is 0.342 bits per heavy atom. The van der Waals surface area contributed by atoms with Crippen molar-refractivity contribution < 1.29 is 24.5 Å². The predicted molar refractivity (Wildman–Crippen MR) is 347 cm³/mol. The minimum Gasteiger partial charge on any atom is -0.466 e. The van der Waals surface area contributed by atoms with Gasteiger partial charge in [0.1, 0.15) is 0 Å². The molecule has 0 fully saturated rings. The van der Waals surface area contributed by atoms with Gasteiger partial charge in [0.15, 0.2) is 0 Å². The van der Waals surface area contributed by atoms with Crippen LogP contribution in [0.3, 0.4) is 0 Å². The summed E-state index contributed by atoms with van der Waals surface area (Å²) in [5.74, 6) is -0.00545. The zero-order chi connectivity index (χ0) is 57.1. The van der Waals surface area contributed by atoms with Crippen LogP contribution in [-0.4, -0.2) is 47.4 Å². The molecule has 0 spiro atoms. The second kappa shape index (κ2) is 69.1. The molecule has 0 heterocycles. The van der Waals surface area contributed by atoms with Crippen LogP contribution >= 0.6 is 0 Å². The number of aliphatic hydroxyl groups excluding tert-OH is 2. The number of carbonyl (C=O) groups is 2. The molecule has 0 aliphatic carbocycles. The van der Waals surface area contributed by atoms with Crippen LogP contribution in [0.2, 0.25) is 0 Å². The van der Waals surface area contributed by atoms with Crippen molar-refractivity contribution in [1.82, 2.24) is 5.32 Å². The SMILES string of the molecule is CCCCCCCCCCCCCCCCCCC(=O)OCCCCCCCCCCCCCCCC/C=C\CCCCCCCCCCCCCCCCCCCC(=O)NC(CO)C(O)CCCCCCCCCCCCC. The highest BCUT2D eigenvalue weighted by Crippen LogP contribution is 2.19. The van der Waals surface area contributed by atoms with Crippen molar-refractivity contribution in [3.8, 4) is 0 Å². The van der Waals surface area contributed by atoms with E-state index in [9.17, 15) is 19.8 Å². The fourth-order valence-electron chi connectivity index (χ4n) is 11.8. The summed E-state index contributed by atoms with van der Waals surface area (Å²) in [4.78, 5) is 24.6. The van der Waals surface area contributed by atoms with Gasteiger partial charge < -0.3 is 20.3 Å². The maximum absolute atomic E-state index is 12.5. The van der Waals surface area contributed by atoms with Crippen molar-refractivity contribution in [3.05, 3.63) is 12.2 Å². The lowest BCUT2D eigenvalue weighted by atomic mass is 10.0. The van der Waals surface area contributed by atoms with Crippen molar-refractivity contribution in [3.63, 3.8) is 0 Å². The Bertz CT molecular complexity index is 1190. The summed E-state index contributed by atoms with van der Waals surface area (Å²) in [5, 5.41) is 23.2. The zero-order valence-electron chi connectivity index (χ0n) is 53.9. The third kappa shape index (κ3) is 65.6. The number of esters is 1. The first kappa shape index (κ1) is 77.6. The van der Waals surface area contributed by atoms with E-state index in [0.717, 1.165) is 38.5 Å². The van der Waals surface area contributed by atoms with Gasteiger partial charge in [-0.15, -0.1) is 0 Å². The lowest BCUT2D eigenvalue weighted by Gasteiger charge is -2.22. The number of rotatable bonds is 69. The molecule has 6 nitrogen and oxygen atoms in total. The molecule has 79 heavy (non-hydrogen) atoms. The molecule has 0 bridgehead atoms. The molecule has 0 aliphatic rings. The van der Waals surface area contributed by atoms with Gasteiger partial charge in [0.2, 0.25) is 5.91 Å². The molecule has 2 atom stereocenters. The standard InChI is InChI=1S/C73H143NO5/c1-3-5-7-9-11-13-15-16-17-40-43-47-51-55-59-63-67-73(78)79-68-64-60-56-52-48-44-41-38-36-34-32-30-28-26-24-22-20-18-19-21-23-25-27-29-31-33-35-37-39-42-46-50-54-58-62-66-72(77)74-70(69-75)71(76)65-61-57-53-49-45-14-12-10-8-6-4-2/h20,22,70-71,75-76H,3-19,21,23-69H2,1-2H3,(H,74,77)/b22-20-. The Labute approximate surface area is 495 Å². The van der Waals surface area contributed by atoms with Crippen LogP contribution < -0.4 is 5.32 Å². The van der Waals surface area contributed by atoms with Crippen LogP contribution in [0.5, 0.6) is 0 Å². The minimum absolute atomic E-state index is 0.0246. The molecule has 0 aromatic carbocycles. The highest BCUT2D eigenvalue weighted by Gasteiger charge is 2.20. The lowest BCUT2D eigenvalue weighted by molar-refractivity contribution is -0.143. The van der Waals surface area contributed by atoms with E-state index in [4.69, 9.17) is 4.74 Å². The van der Waals surface area contributed by atoms with Crippen LogP contribution in [-0.2, 0) is 14.3 Å². The molecule has 0 aromatic rings. The third-order valence-electron chi connectivity index (χ3n) is 17.3. The average Bonchev–Trinajstić information content (AvgIpc) is 3.45. The van der Waals surface area contributed by atoms with Crippen molar-refractivity contribution >= 4 is 11.9 Å². The molecule has 470 valence electrons. The maximum atomic E-state index is 12.5. The summed E-state index contributed by atoms with van der Waals surface area (Å²) in [5.41, 5.74) is 0. The molecule has 0 aromatic heterocycles. The topological polar surface area (TPSA) is 95.9 Å². The van der Waals surface area contributed by atoms with E-state index in [2.05, 4.69) is 31.3 Å². The van der Waals surface area contributed by atoms with Gasteiger partial charge in [-0.25, -0.2) is 0 Å². The van der Waals surface area contributed by atoms with Crippen LogP contribution in [0.25, 0.3) is 0 Å². The quantitative estimate of drug-likeness (QED) is 0.0320. The molecule has 1 amide bonds. The number of ether oxygens (including phenoxy) is 1. The first-order valence-electron chi connectivity index (χ1n) is 36.4. The molecular weight excluding hydrogens is 971 g/mol. The van der Waals surface area contributed by atoms with Crippen LogP contribution in [0.15, 0.2) is 12.2 Å². The predicted octanol–water partition coefficient (Wildman–Crippen LogP) is 23.5. The molecule has 2 unspecified atom stereocenters. The second-order valence-electron chi connectivity index (χ2n) is 25.3. The Kier molecular flexibility index (Phi) is 67.9. The van der Waals surface area contributed by atoms with E-state index in [1.165, 1.54) is 347 Å². The van der Waals surface area contributed by atoms with Crippen LogP contribution in [0.1, 0.15) is 418 Å².